The Morgan fingerprint density at radius 1 is 1.24 bits per heavy atom. The molecule has 0 aliphatic heterocycles. The number of hydrogen-bond acceptors (Lipinski definition) is 2. The van der Waals surface area contributed by atoms with Crippen LogP contribution in [0.2, 0.25) is 0 Å². The van der Waals surface area contributed by atoms with Crippen LogP contribution in [0.25, 0.3) is 17.0 Å². The molecule has 1 N–H and O–H groups in total. The number of benzene rings is 1. The smallest absolute Gasteiger partial charge is 0.328 e. The summed E-state index contributed by atoms with van der Waals surface area (Å²) in [5.74, 6) is -0.953. The van der Waals surface area contributed by atoms with Crippen LogP contribution in [0.15, 0.2) is 54.8 Å². The van der Waals surface area contributed by atoms with E-state index in [1.165, 1.54) is 6.08 Å². The highest BCUT2D eigenvalue weighted by molar-refractivity contribution is 5.81. The van der Waals surface area contributed by atoms with E-state index in [1.54, 1.807) is 12.3 Å². The molecule has 1 aromatic heterocycles. The third-order valence-electron chi connectivity index (χ3n) is 2.25. The fraction of sp³-hybridized carbons (Fsp3) is 0. The van der Waals surface area contributed by atoms with E-state index in [-0.39, 0.29) is 0 Å². The molecule has 0 saturated carbocycles. The zero-order valence-electron chi connectivity index (χ0n) is 9.08. The van der Waals surface area contributed by atoms with E-state index >= 15 is 0 Å². The summed E-state index contributed by atoms with van der Waals surface area (Å²) < 4.78 is 0. The molecule has 0 aliphatic rings. The fourth-order valence-corrected chi connectivity index (χ4v) is 1.48. The van der Waals surface area contributed by atoms with Gasteiger partial charge in [-0.1, -0.05) is 36.4 Å². The van der Waals surface area contributed by atoms with Crippen LogP contribution in [0.4, 0.5) is 0 Å². The molecule has 2 aromatic rings. The monoisotopic (exact) mass is 225 g/mol. The number of aliphatic carboxylic acids is 1. The molecule has 3 heteroatoms. The number of para-hydroxylation sites is 1. The van der Waals surface area contributed by atoms with Gasteiger partial charge in [-0.25, -0.2) is 4.79 Å². The molecule has 2 rings (SSSR count). The predicted octanol–water partition coefficient (Wildman–Crippen LogP) is 2.89. The molecular formula is C14H11NO2. The third kappa shape index (κ3) is 3.01. The van der Waals surface area contributed by atoms with Gasteiger partial charge in [0.1, 0.15) is 0 Å². The number of allylic oxidation sites excluding steroid dienone is 2. The molecule has 0 saturated heterocycles. The standard InChI is InChI=1S/C14H11NO2/c16-14(17)8-4-1-5-11-9-12-6-2-3-7-13(12)15-10-11/h1-10H,(H,16,17)/b5-1+,8-4+. The van der Waals surface area contributed by atoms with Gasteiger partial charge in [-0.05, 0) is 17.7 Å². The Kier molecular flexibility index (Phi) is 3.31. The summed E-state index contributed by atoms with van der Waals surface area (Å²) in [5, 5.41) is 9.49. The second-order valence-corrected chi connectivity index (χ2v) is 3.52. The number of aromatic nitrogens is 1. The number of pyridine rings is 1. The Bertz CT molecular complexity index is 600. The Morgan fingerprint density at radius 3 is 2.88 bits per heavy atom. The number of fused-ring (bicyclic) bond motifs is 1. The molecule has 0 spiro atoms. The first kappa shape index (κ1) is 11.1. The molecule has 0 amide bonds. The van der Waals surface area contributed by atoms with Gasteiger partial charge < -0.3 is 5.11 Å². The van der Waals surface area contributed by atoms with E-state index in [0.717, 1.165) is 22.5 Å². The average Bonchev–Trinajstić information content (AvgIpc) is 2.34. The maximum absolute atomic E-state index is 10.3. The fourth-order valence-electron chi connectivity index (χ4n) is 1.48. The molecule has 0 bridgehead atoms. The van der Waals surface area contributed by atoms with E-state index in [1.807, 2.05) is 36.4 Å². The molecular weight excluding hydrogens is 214 g/mol. The highest BCUT2D eigenvalue weighted by Crippen LogP contribution is 2.13. The lowest BCUT2D eigenvalue weighted by Gasteiger charge is -1.97. The minimum atomic E-state index is -0.953. The van der Waals surface area contributed by atoms with Gasteiger partial charge in [-0.3, -0.25) is 4.98 Å². The number of carboxylic acid groups (broad SMARTS) is 1. The summed E-state index contributed by atoms with van der Waals surface area (Å²) >= 11 is 0. The van der Waals surface area contributed by atoms with Crippen molar-refractivity contribution in [2.24, 2.45) is 0 Å². The first-order valence-electron chi connectivity index (χ1n) is 5.18. The first-order valence-corrected chi connectivity index (χ1v) is 5.18. The van der Waals surface area contributed by atoms with Crippen LogP contribution in [0.3, 0.4) is 0 Å². The molecule has 0 atom stereocenters. The van der Waals surface area contributed by atoms with E-state index in [4.69, 9.17) is 5.11 Å². The Hall–Kier alpha value is -2.42. The van der Waals surface area contributed by atoms with Gasteiger partial charge in [0.15, 0.2) is 0 Å². The maximum Gasteiger partial charge on any atom is 0.328 e. The van der Waals surface area contributed by atoms with Gasteiger partial charge in [0, 0.05) is 17.7 Å². The Balaban J connectivity index is 2.22. The van der Waals surface area contributed by atoms with Crippen molar-refractivity contribution in [2.45, 2.75) is 0 Å². The maximum atomic E-state index is 10.3. The zero-order chi connectivity index (χ0) is 12.1. The van der Waals surface area contributed by atoms with Crippen molar-refractivity contribution < 1.29 is 9.90 Å². The molecule has 0 aliphatic carbocycles. The van der Waals surface area contributed by atoms with Crippen LogP contribution in [0.5, 0.6) is 0 Å². The first-order chi connectivity index (χ1) is 8.25. The Morgan fingerprint density at radius 2 is 2.06 bits per heavy atom. The van der Waals surface area contributed by atoms with Crippen molar-refractivity contribution in [1.82, 2.24) is 4.98 Å². The lowest BCUT2D eigenvalue weighted by Crippen LogP contribution is -1.84. The van der Waals surface area contributed by atoms with Crippen LogP contribution < -0.4 is 0 Å². The summed E-state index contributed by atoms with van der Waals surface area (Å²) in [5.41, 5.74) is 1.89. The third-order valence-corrected chi connectivity index (χ3v) is 2.25. The van der Waals surface area contributed by atoms with Gasteiger partial charge in [0.25, 0.3) is 0 Å². The number of hydrogen-bond donors (Lipinski definition) is 1. The van der Waals surface area contributed by atoms with E-state index in [2.05, 4.69) is 4.98 Å². The van der Waals surface area contributed by atoms with Crippen molar-refractivity contribution in [3.05, 3.63) is 60.3 Å². The molecule has 1 aromatic carbocycles. The zero-order valence-corrected chi connectivity index (χ0v) is 9.08. The lowest BCUT2D eigenvalue weighted by atomic mass is 10.1. The molecule has 17 heavy (non-hydrogen) atoms. The summed E-state index contributed by atoms with van der Waals surface area (Å²) in [6.07, 6.45) is 7.83. The highest BCUT2D eigenvalue weighted by atomic mass is 16.4. The summed E-state index contributed by atoms with van der Waals surface area (Å²) in [6, 6.07) is 9.86. The number of carbonyl (C=O) groups is 1. The van der Waals surface area contributed by atoms with E-state index < -0.39 is 5.97 Å². The lowest BCUT2D eigenvalue weighted by molar-refractivity contribution is -0.131. The Labute approximate surface area is 98.7 Å². The van der Waals surface area contributed by atoms with Gasteiger partial charge in [-0.2, -0.15) is 0 Å². The number of rotatable bonds is 3. The number of carboxylic acids is 1. The van der Waals surface area contributed by atoms with E-state index in [0.29, 0.717) is 0 Å². The second kappa shape index (κ2) is 5.07. The average molecular weight is 225 g/mol. The predicted molar refractivity (Wildman–Crippen MR) is 67.6 cm³/mol. The number of nitrogens with zero attached hydrogens (tertiary/aromatic N) is 1. The van der Waals surface area contributed by atoms with Gasteiger partial charge >= 0.3 is 5.97 Å². The largest absolute Gasteiger partial charge is 0.478 e. The highest BCUT2D eigenvalue weighted by Gasteiger charge is 1.93. The molecule has 0 unspecified atom stereocenters. The minimum Gasteiger partial charge on any atom is -0.478 e. The van der Waals surface area contributed by atoms with Gasteiger partial charge in [-0.15, -0.1) is 0 Å². The quantitative estimate of drug-likeness (QED) is 0.645. The van der Waals surface area contributed by atoms with Crippen LogP contribution in [-0.2, 0) is 4.79 Å². The van der Waals surface area contributed by atoms with Crippen molar-refractivity contribution in [1.29, 1.82) is 0 Å². The summed E-state index contributed by atoms with van der Waals surface area (Å²) in [7, 11) is 0. The second-order valence-electron chi connectivity index (χ2n) is 3.52. The van der Waals surface area contributed by atoms with Crippen LogP contribution in [0.1, 0.15) is 5.56 Å². The molecule has 3 nitrogen and oxygen atoms in total. The van der Waals surface area contributed by atoms with Crippen molar-refractivity contribution in [3.63, 3.8) is 0 Å². The SMILES string of the molecule is O=C(O)/C=C/C=C/c1cnc2ccccc2c1. The summed E-state index contributed by atoms with van der Waals surface area (Å²) in [6.45, 7) is 0. The summed E-state index contributed by atoms with van der Waals surface area (Å²) in [4.78, 5) is 14.6. The van der Waals surface area contributed by atoms with Gasteiger partial charge in [0.2, 0.25) is 0 Å². The molecule has 0 fully saturated rings. The van der Waals surface area contributed by atoms with Crippen molar-refractivity contribution in [2.75, 3.05) is 0 Å². The van der Waals surface area contributed by atoms with Crippen molar-refractivity contribution in [3.8, 4) is 0 Å². The van der Waals surface area contributed by atoms with Crippen LogP contribution >= 0.6 is 0 Å². The molecule has 84 valence electrons. The van der Waals surface area contributed by atoms with Gasteiger partial charge in [0.05, 0.1) is 5.52 Å². The normalized spacial score (nSPS) is 11.5. The molecule has 1 heterocycles. The van der Waals surface area contributed by atoms with E-state index in [9.17, 15) is 4.79 Å². The van der Waals surface area contributed by atoms with Crippen molar-refractivity contribution >= 4 is 22.9 Å². The van der Waals surface area contributed by atoms with Crippen LogP contribution in [-0.4, -0.2) is 16.1 Å². The topological polar surface area (TPSA) is 50.2 Å². The van der Waals surface area contributed by atoms with Crippen LogP contribution in [0, 0.1) is 0 Å². The molecule has 0 radical (unpaired) electrons. The minimum absolute atomic E-state index is 0.943.